The topological polar surface area (TPSA) is 54.2 Å². The summed E-state index contributed by atoms with van der Waals surface area (Å²) in [4.78, 5) is 6.64. The van der Waals surface area contributed by atoms with Crippen molar-refractivity contribution in [1.29, 1.82) is 0 Å². The molecule has 0 bridgehead atoms. The molecule has 0 radical (unpaired) electrons. The highest BCUT2D eigenvalue weighted by atomic mass is 15.3. The van der Waals surface area contributed by atoms with Gasteiger partial charge in [0.25, 0.3) is 0 Å². The van der Waals surface area contributed by atoms with Crippen LogP contribution in [0.2, 0.25) is 0 Å². The minimum atomic E-state index is 0.718. The molecule has 1 aromatic rings. The van der Waals surface area contributed by atoms with Crippen LogP contribution in [0.25, 0.3) is 0 Å². The van der Waals surface area contributed by atoms with Gasteiger partial charge in [-0.05, 0) is 30.9 Å². The number of hydrogen-bond donors (Lipinski definition) is 2. The van der Waals surface area contributed by atoms with Crippen LogP contribution < -0.4 is 16.2 Å². The lowest BCUT2D eigenvalue weighted by Crippen LogP contribution is -2.25. The van der Waals surface area contributed by atoms with Gasteiger partial charge in [0.1, 0.15) is 11.6 Å². The van der Waals surface area contributed by atoms with Gasteiger partial charge in [-0.25, -0.2) is 10.8 Å². The largest absolute Gasteiger partial charge is 0.359 e. The molecule has 0 aromatic carbocycles. The van der Waals surface area contributed by atoms with Gasteiger partial charge in [0.05, 0.1) is 0 Å². The van der Waals surface area contributed by atoms with E-state index in [1.807, 2.05) is 18.2 Å². The smallest absolute Gasteiger partial charge is 0.142 e. The molecule has 1 aliphatic rings. The van der Waals surface area contributed by atoms with Gasteiger partial charge in [0.2, 0.25) is 0 Å². The Bertz CT molecular complexity index is 334. The molecule has 1 heterocycles. The minimum absolute atomic E-state index is 0.718. The molecule has 1 aliphatic carbocycles. The Kier molecular flexibility index (Phi) is 3.62. The van der Waals surface area contributed by atoms with Crippen LogP contribution in [0, 0.1) is 5.92 Å². The Morgan fingerprint density at radius 1 is 1.44 bits per heavy atom. The third-order valence-corrected chi connectivity index (χ3v) is 3.28. The van der Waals surface area contributed by atoms with Crippen molar-refractivity contribution in [3.63, 3.8) is 0 Å². The second-order valence-electron chi connectivity index (χ2n) is 4.56. The Balaban J connectivity index is 1.98. The van der Waals surface area contributed by atoms with Crippen LogP contribution in [-0.4, -0.2) is 18.6 Å². The maximum Gasteiger partial charge on any atom is 0.142 e. The molecule has 0 atom stereocenters. The van der Waals surface area contributed by atoms with Crippen LogP contribution in [0.4, 0.5) is 11.6 Å². The third-order valence-electron chi connectivity index (χ3n) is 3.28. The van der Waals surface area contributed by atoms with E-state index >= 15 is 0 Å². The van der Waals surface area contributed by atoms with Gasteiger partial charge in [-0.15, -0.1) is 0 Å². The monoisotopic (exact) mass is 220 g/mol. The molecule has 1 aromatic heterocycles. The molecule has 88 valence electrons. The van der Waals surface area contributed by atoms with Gasteiger partial charge in [-0.1, -0.05) is 18.9 Å². The predicted octanol–water partition coefficient (Wildman–Crippen LogP) is 1.99. The molecule has 3 N–H and O–H groups in total. The number of anilines is 2. The molecule has 1 saturated carbocycles. The van der Waals surface area contributed by atoms with Crippen LogP contribution in [0.3, 0.4) is 0 Å². The molecule has 1 fully saturated rings. The Labute approximate surface area is 96.8 Å². The average molecular weight is 220 g/mol. The van der Waals surface area contributed by atoms with Crippen molar-refractivity contribution in [1.82, 2.24) is 4.98 Å². The second-order valence-corrected chi connectivity index (χ2v) is 4.56. The quantitative estimate of drug-likeness (QED) is 0.602. The summed E-state index contributed by atoms with van der Waals surface area (Å²) in [7, 11) is 2.10. The summed E-state index contributed by atoms with van der Waals surface area (Å²) < 4.78 is 0. The maximum atomic E-state index is 5.35. The Morgan fingerprint density at radius 2 is 2.19 bits per heavy atom. The van der Waals surface area contributed by atoms with Gasteiger partial charge in [-0.3, -0.25) is 0 Å². The van der Waals surface area contributed by atoms with E-state index in [9.17, 15) is 0 Å². The van der Waals surface area contributed by atoms with Crippen LogP contribution in [0.15, 0.2) is 18.2 Å². The molecule has 0 saturated heterocycles. The molecule has 4 heteroatoms. The first-order valence-electron chi connectivity index (χ1n) is 5.94. The fourth-order valence-corrected chi connectivity index (χ4v) is 2.39. The van der Waals surface area contributed by atoms with Crippen LogP contribution in [-0.2, 0) is 0 Å². The van der Waals surface area contributed by atoms with E-state index in [1.165, 1.54) is 25.7 Å². The van der Waals surface area contributed by atoms with Crippen molar-refractivity contribution in [3.8, 4) is 0 Å². The summed E-state index contributed by atoms with van der Waals surface area (Å²) in [6.45, 7) is 1.10. The summed E-state index contributed by atoms with van der Waals surface area (Å²) in [5, 5.41) is 0. The molecule has 0 spiro atoms. The summed E-state index contributed by atoms with van der Waals surface area (Å²) in [5.74, 6) is 7.89. The predicted molar refractivity (Wildman–Crippen MR) is 67.3 cm³/mol. The molecular weight excluding hydrogens is 200 g/mol. The lowest BCUT2D eigenvalue weighted by molar-refractivity contribution is 0.545. The zero-order chi connectivity index (χ0) is 11.4. The molecule has 4 nitrogen and oxygen atoms in total. The summed E-state index contributed by atoms with van der Waals surface area (Å²) >= 11 is 0. The first kappa shape index (κ1) is 11.2. The van der Waals surface area contributed by atoms with Gasteiger partial charge in [0, 0.05) is 13.6 Å². The zero-order valence-electron chi connectivity index (χ0n) is 9.82. The number of nitrogens with two attached hydrogens (primary N) is 1. The fourth-order valence-electron chi connectivity index (χ4n) is 2.39. The molecule has 2 rings (SSSR count). The second kappa shape index (κ2) is 5.16. The SMILES string of the molecule is CN(CC1CCCC1)c1cccc(NN)n1. The summed E-state index contributed by atoms with van der Waals surface area (Å²) in [6.07, 6.45) is 5.49. The maximum absolute atomic E-state index is 5.35. The van der Waals surface area contributed by atoms with Crippen molar-refractivity contribution in [2.24, 2.45) is 11.8 Å². The number of rotatable bonds is 4. The van der Waals surface area contributed by atoms with E-state index in [0.717, 1.165) is 24.1 Å². The van der Waals surface area contributed by atoms with Gasteiger partial charge >= 0.3 is 0 Å². The molecule has 0 amide bonds. The Hall–Kier alpha value is -1.29. The first-order chi connectivity index (χ1) is 7.79. The van der Waals surface area contributed by atoms with Gasteiger partial charge in [-0.2, -0.15) is 0 Å². The van der Waals surface area contributed by atoms with E-state index in [-0.39, 0.29) is 0 Å². The van der Waals surface area contributed by atoms with Crippen LogP contribution in [0.5, 0.6) is 0 Å². The van der Waals surface area contributed by atoms with Crippen molar-refractivity contribution in [2.75, 3.05) is 23.9 Å². The molecule has 16 heavy (non-hydrogen) atoms. The van der Waals surface area contributed by atoms with E-state index in [2.05, 4.69) is 22.4 Å². The number of aromatic nitrogens is 1. The normalized spacial score (nSPS) is 16.4. The fraction of sp³-hybridized carbons (Fsp3) is 0.583. The number of nitrogen functional groups attached to an aromatic ring is 1. The van der Waals surface area contributed by atoms with Gasteiger partial charge < -0.3 is 10.3 Å². The van der Waals surface area contributed by atoms with E-state index in [0.29, 0.717) is 0 Å². The highest BCUT2D eigenvalue weighted by Gasteiger charge is 2.17. The third kappa shape index (κ3) is 2.64. The average Bonchev–Trinajstić information content (AvgIpc) is 2.82. The van der Waals surface area contributed by atoms with Crippen molar-refractivity contribution in [3.05, 3.63) is 18.2 Å². The standard InChI is InChI=1S/C12H20N4/c1-16(9-10-5-2-3-6-10)12-8-4-7-11(14-12)15-13/h4,7-8,10H,2-3,5-6,9,13H2,1H3,(H,14,15). The molecule has 0 unspecified atom stereocenters. The highest BCUT2D eigenvalue weighted by molar-refractivity contribution is 5.45. The first-order valence-corrected chi connectivity index (χ1v) is 5.94. The zero-order valence-corrected chi connectivity index (χ0v) is 9.82. The van der Waals surface area contributed by atoms with Crippen LogP contribution in [0.1, 0.15) is 25.7 Å². The van der Waals surface area contributed by atoms with Crippen molar-refractivity contribution < 1.29 is 0 Å². The number of pyridine rings is 1. The lowest BCUT2D eigenvalue weighted by Gasteiger charge is -2.22. The van der Waals surface area contributed by atoms with E-state index in [4.69, 9.17) is 5.84 Å². The molecule has 0 aliphatic heterocycles. The number of nitrogens with one attached hydrogen (secondary N) is 1. The Morgan fingerprint density at radius 3 is 2.88 bits per heavy atom. The van der Waals surface area contributed by atoms with Crippen molar-refractivity contribution in [2.45, 2.75) is 25.7 Å². The number of nitrogens with zero attached hydrogens (tertiary/aromatic N) is 2. The molecular formula is C12H20N4. The van der Waals surface area contributed by atoms with Crippen molar-refractivity contribution >= 4 is 11.6 Å². The number of hydrazine groups is 1. The van der Waals surface area contributed by atoms with Gasteiger partial charge in [0.15, 0.2) is 0 Å². The van der Waals surface area contributed by atoms with E-state index < -0.39 is 0 Å². The summed E-state index contributed by atoms with van der Waals surface area (Å²) in [6, 6.07) is 5.87. The van der Waals surface area contributed by atoms with Crippen LogP contribution >= 0.6 is 0 Å². The summed E-state index contributed by atoms with van der Waals surface area (Å²) in [5.41, 5.74) is 2.58. The lowest BCUT2D eigenvalue weighted by atomic mass is 10.1. The minimum Gasteiger partial charge on any atom is -0.359 e. The van der Waals surface area contributed by atoms with E-state index in [1.54, 1.807) is 0 Å². The highest BCUT2D eigenvalue weighted by Crippen LogP contribution is 2.26. The number of hydrogen-bond acceptors (Lipinski definition) is 4.